The zero-order valence-electron chi connectivity index (χ0n) is 12.0. The van der Waals surface area contributed by atoms with E-state index < -0.39 is 17.8 Å². The van der Waals surface area contributed by atoms with Crippen LogP contribution in [0.25, 0.3) is 0 Å². The summed E-state index contributed by atoms with van der Waals surface area (Å²) in [6.07, 6.45) is 3.09. The number of aromatic nitrogens is 2. The second kappa shape index (κ2) is 5.10. The lowest BCUT2D eigenvalue weighted by Gasteiger charge is -2.14. The molecule has 2 amide bonds. The van der Waals surface area contributed by atoms with Crippen LogP contribution in [0.4, 0.5) is 0 Å². The van der Waals surface area contributed by atoms with Gasteiger partial charge in [-0.3, -0.25) is 9.59 Å². The van der Waals surface area contributed by atoms with Crippen molar-refractivity contribution in [2.75, 3.05) is 0 Å². The lowest BCUT2D eigenvalue weighted by molar-refractivity contribution is -0.0596. The van der Waals surface area contributed by atoms with E-state index >= 15 is 0 Å². The first-order valence-corrected chi connectivity index (χ1v) is 6.73. The number of carbonyl (C=O) groups is 3. The Bertz CT molecular complexity index is 744. The molecule has 1 aromatic heterocycles. The summed E-state index contributed by atoms with van der Waals surface area (Å²) in [5.74, 6) is -2.13. The van der Waals surface area contributed by atoms with Crippen molar-refractivity contribution in [2.45, 2.75) is 19.9 Å². The molecule has 3 rings (SSSR count). The van der Waals surface area contributed by atoms with Crippen molar-refractivity contribution < 1.29 is 19.2 Å². The van der Waals surface area contributed by atoms with Crippen LogP contribution in [-0.2, 0) is 4.84 Å². The van der Waals surface area contributed by atoms with E-state index in [4.69, 9.17) is 4.84 Å². The number of hydrogen-bond acceptors (Lipinski definition) is 5. The Labute approximate surface area is 126 Å². The first kappa shape index (κ1) is 14.0. The van der Waals surface area contributed by atoms with Crippen LogP contribution in [0.2, 0.25) is 0 Å². The van der Waals surface area contributed by atoms with Crippen molar-refractivity contribution in [2.24, 2.45) is 0 Å². The molecular weight excluding hydrogens is 286 g/mol. The van der Waals surface area contributed by atoms with Gasteiger partial charge < -0.3 is 9.40 Å². The molecule has 0 unspecified atom stereocenters. The van der Waals surface area contributed by atoms with Crippen LogP contribution in [-0.4, -0.2) is 32.4 Å². The molecule has 2 aromatic rings. The van der Waals surface area contributed by atoms with Crippen LogP contribution in [0.3, 0.4) is 0 Å². The van der Waals surface area contributed by atoms with Crippen LogP contribution >= 0.6 is 0 Å². The molecule has 1 aromatic carbocycles. The van der Waals surface area contributed by atoms with Crippen LogP contribution in [0, 0.1) is 0 Å². The van der Waals surface area contributed by atoms with Crippen molar-refractivity contribution in [1.29, 1.82) is 0 Å². The number of benzene rings is 1. The zero-order chi connectivity index (χ0) is 15.9. The highest BCUT2D eigenvalue weighted by molar-refractivity contribution is 6.21. The van der Waals surface area contributed by atoms with E-state index in [-0.39, 0.29) is 23.0 Å². The molecule has 1 aliphatic heterocycles. The van der Waals surface area contributed by atoms with E-state index in [0.29, 0.717) is 5.06 Å². The topological polar surface area (TPSA) is 81.5 Å². The van der Waals surface area contributed by atoms with E-state index in [1.165, 1.54) is 18.3 Å². The molecular formula is C15H13N3O4. The van der Waals surface area contributed by atoms with Gasteiger partial charge in [0.2, 0.25) is 5.82 Å². The van der Waals surface area contributed by atoms with Gasteiger partial charge in [0.05, 0.1) is 11.1 Å². The van der Waals surface area contributed by atoms with Crippen LogP contribution in [0.5, 0.6) is 0 Å². The molecule has 0 radical (unpaired) electrons. The van der Waals surface area contributed by atoms with Gasteiger partial charge in [0.15, 0.2) is 0 Å². The molecule has 1 aliphatic rings. The van der Waals surface area contributed by atoms with E-state index in [9.17, 15) is 14.4 Å². The molecule has 22 heavy (non-hydrogen) atoms. The third-order valence-corrected chi connectivity index (χ3v) is 3.34. The number of hydrogen-bond donors (Lipinski definition) is 0. The number of hydroxylamine groups is 2. The van der Waals surface area contributed by atoms with Crippen LogP contribution in [0.1, 0.15) is 51.2 Å². The minimum absolute atomic E-state index is 0.00720. The molecule has 7 nitrogen and oxygen atoms in total. The number of imide groups is 1. The van der Waals surface area contributed by atoms with Gasteiger partial charge in [-0.1, -0.05) is 17.2 Å². The van der Waals surface area contributed by atoms with Gasteiger partial charge in [0.1, 0.15) is 0 Å². The summed E-state index contributed by atoms with van der Waals surface area (Å²) in [5, 5.41) is 0.479. The molecule has 0 bridgehead atoms. The zero-order valence-corrected chi connectivity index (χ0v) is 12.0. The summed E-state index contributed by atoms with van der Waals surface area (Å²) in [5.41, 5.74) is 0.431. The highest BCUT2D eigenvalue weighted by Crippen LogP contribution is 2.23. The van der Waals surface area contributed by atoms with Gasteiger partial charge >= 0.3 is 5.97 Å². The summed E-state index contributed by atoms with van der Waals surface area (Å²) in [6.45, 7) is 3.75. The van der Waals surface area contributed by atoms with Crippen molar-refractivity contribution in [3.8, 4) is 0 Å². The maximum atomic E-state index is 12.2. The highest BCUT2D eigenvalue weighted by Gasteiger charge is 2.39. The predicted molar refractivity (Wildman–Crippen MR) is 75.0 cm³/mol. The quantitative estimate of drug-likeness (QED) is 0.808. The monoisotopic (exact) mass is 299 g/mol. The Hall–Kier alpha value is -2.96. The van der Waals surface area contributed by atoms with Crippen molar-refractivity contribution >= 4 is 17.8 Å². The summed E-state index contributed by atoms with van der Waals surface area (Å²) >= 11 is 0. The fourth-order valence-electron chi connectivity index (χ4n) is 2.26. The van der Waals surface area contributed by atoms with Gasteiger partial charge in [-0.05, 0) is 26.0 Å². The maximum absolute atomic E-state index is 12.2. The second-order valence-electron chi connectivity index (χ2n) is 5.08. The van der Waals surface area contributed by atoms with Gasteiger partial charge in [-0.2, -0.15) is 0 Å². The Morgan fingerprint density at radius 2 is 1.73 bits per heavy atom. The third kappa shape index (κ3) is 2.07. The lowest BCUT2D eigenvalue weighted by atomic mass is 10.1. The summed E-state index contributed by atoms with van der Waals surface area (Å²) in [4.78, 5) is 45.3. The SMILES string of the molecule is CC(C)n1ccnc1C(=O)ON1C(=O)c2ccccc2C1=O. The first-order chi connectivity index (χ1) is 10.5. The molecule has 0 aliphatic carbocycles. The lowest BCUT2D eigenvalue weighted by Crippen LogP contribution is -2.33. The van der Waals surface area contributed by atoms with E-state index in [2.05, 4.69) is 4.98 Å². The molecule has 0 fully saturated rings. The second-order valence-corrected chi connectivity index (χ2v) is 5.08. The van der Waals surface area contributed by atoms with Gasteiger partial charge in [0.25, 0.3) is 11.8 Å². The smallest absolute Gasteiger partial charge is 0.323 e. The molecule has 112 valence electrons. The molecule has 0 saturated carbocycles. The molecule has 0 N–H and O–H groups in total. The van der Waals surface area contributed by atoms with Gasteiger partial charge in [-0.15, -0.1) is 0 Å². The predicted octanol–water partition coefficient (Wildman–Crippen LogP) is 1.83. The normalized spacial score (nSPS) is 13.7. The molecule has 7 heteroatoms. The van der Waals surface area contributed by atoms with E-state index in [1.807, 2.05) is 13.8 Å². The highest BCUT2D eigenvalue weighted by atomic mass is 16.7. The number of fused-ring (bicyclic) bond motifs is 1. The Morgan fingerprint density at radius 1 is 1.14 bits per heavy atom. The largest absolute Gasteiger partial charge is 0.399 e. The number of carbonyl (C=O) groups excluding carboxylic acids is 3. The number of imidazole rings is 1. The summed E-state index contributed by atoms with van der Waals surface area (Å²) < 4.78 is 1.60. The third-order valence-electron chi connectivity index (χ3n) is 3.34. The average molecular weight is 299 g/mol. The Balaban J connectivity index is 1.86. The Morgan fingerprint density at radius 3 is 2.27 bits per heavy atom. The Kier molecular flexibility index (Phi) is 3.25. The fourth-order valence-corrected chi connectivity index (χ4v) is 2.26. The maximum Gasteiger partial charge on any atom is 0.399 e. The number of amides is 2. The number of rotatable bonds is 3. The first-order valence-electron chi connectivity index (χ1n) is 6.73. The van der Waals surface area contributed by atoms with E-state index in [1.54, 1.807) is 22.9 Å². The van der Waals surface area contributed by atoms with Crippen molar-refractivity contribution in [1.82, 2.24) is 14.6 Å². The van der Waals surface area contributed by atoms with Crippen molar-refractivity contribution in [3.63, 3.8) is 0 Å². The summed E-state index contributed by atoms with van der Waals surface area (Å²) in [6, 6.07) is 6.30. The molecule has 0 spiro atoms. The van der Waals surface area contributed by atoms with Gasteiger partial charge in [-0.25, -0.2) is 9.78 Å². The summed E-state index contributed by atoms with van der Waals surface area (Å²) in [7, 11) is 0. The number of nitrogens with zero attached hydrogens (tertiary/aromatic N) is 3. The van der Waals surface area contributed by atoms with Crippen molar-refractivity contribution in [3.05, 3.63) is 53.6 Å². The standard InChI is InChI=1S/C15H13N3O4/c1-9(2)17-8-7-16-12(17)15(21)22-18-13(19)10-5-3-4-6-11(10)14(18)20/h3-9H,1-2H3. The minimum atomic E-state index is -0.854. The average Bonchev–Trinajstić information content (AvgIpc) is 3.08. The fraction of sp³-hybridized carbons (Fsp3) is 0.200. The van der Waals surface area contributed by atoms with Crippen LogP contribution < -0.4 is 0 Å². The molecule has 2 heterocycles. The van der Waals surface area contributed by atoms with E-state index in [0.717, 1.165) is 0 Å². The minimum Gasteiger partial charge on any atom is -0.323 e. The van der Waals surface area contributed by atoms with Gasteiger partial charge in [0, 0.05) is 18.4 Å². The molecule has 0 saturated heterocycles. The molecule has 0 atom stereocenters. The van der Waals surface area contributed by atoms with Crippen LogP contribution in [0.15, 0.2) is 36.7 Å².